The Morgan fingerprint density at radius 3 is 2.58 bits per heavy atom. The summed E-state index contributed by atoms with van der Waals surface area (Å²) >= 11 is 0. The van der Waals surface area contributed by atoms with Gasteiger partial charge in [-0.15, -0.1) is 6.58 Å². The van der Waals surface area contributed by atoms with Gasteiger partial charge in [-0.05, 0) is 12.3 Å². The van der Waals surface area contributed by atoms with Gasteiger partial charge in [0.2, 0.25) is 0 Å². The Morgan fingerprint density at radius 2 is 2.08 bits per heavy atom. The van der Waals surface area contributed by atoms with Crippen LogP contribution in [0.25, 0.3) is 0 Å². The number of phosphoric acid groups is 1. The molecule has 0 radical (unpaired) electrons. The van der Waals surface area contributed by atoms with Crippen molar-refractivity contribution in [3.05, 3.63) is 24.9 Å². The van der Waals surface area contributed by atoms with Crippen molar-refractivity contribution in [3.63, 3.8) is 0 Å². The van der Waals surface area contributed by atoms with E-state index in [4.69, 9.17) is 10.6 Å². The molecule has 12 heavy (non-hydrogen) atoms. The molecule has 0 saturated carbocycles. The van der Waals surface area contributed by atoms with Crippen LogP contribution in [0.5, 0.6) is 0 Å². The molecule has 6 heteroatoms. The van der Waals surface area contributed by atoms with Crippen molar-refractivity contribution >= 4 is 7.82 Å². The molecule has 0 aromatic rings. The van der Waals surface area contributed by atoms with Crippen LogP contribution >= 0.6 is 7.82 Å². The van der Waals surface area contributed by atoms with Gasteiger partial charge in [-0.2, -0.15) is 0 Å². The summed E-state index contributed by atoms with van der Waals surface area (Å²) in [6, 6.07) is 0. The predicted molar refractivity (Wildman–Crippen MR) is 45.3 cm³/mol. The third-order valence-corrected chi connectivity index (χ3v) is 1.78. The predicted octanol–water partition coefficient (Wildman–Crippen LogP) is 0.778. The fraction of sp³-hybridized carbons (Fsp3) is 0.333. The smallest absolute Gasteiger partial charge is 0.405 e. The van der Waals surface area contributed by atoms with Gasteiger partial charge in [0.1, 0.15) is 0 Å². The molecule has 0 rings (SSSR count). The molecule has 0 aromatic carbocycles. The number of phosphoric ester groups is 1. The van der Waals surface area contributed by atoms with Gasteiger partial charge in [0.05, 0.1) is 13.2 Å². The molecule has 0 bridgehead atoms. The molecule has 0 aliphatic heterocycles. The van der Waals surface area contributed by atoms with E-state index in [0.29, 0.717) is 0 Å². The summed E-state index contributed by atoms with van der Waals surface area (Å²) in [6.07, 6.45) is 3.96. The topological polar surface area (TPSA) is 81.8 Å². The second kappa shape index (κ2) is 5.97. The van der Waals surface area contributed by atoms with E-state index >= 15 is 0 Å². The van der Waals surface area contributed by atoms with E-state index in [1.54, 1.807) is 0 Å². The minimum Gasteiger partial charge on any atom is -0.405 e. The molecule has 1 unspecified atom stereocenters. The van der Waals surface area contributed by atoms with Gasteiger partial charge >= 0.3 is 7.82 Å². The zero-order valence-corrected chi connectivity index (χ0v) is 7.44. The van der Waals surface area contributed by atoms with Crippen molar-refractivity contribution in [2.75, 3.05) is 13.2 Å². The summed E-state index contributed by atoms with van der Waals surface area (Å²) in [4.78, 5) is 8.86. The van der Waals surface area contributed by atoms with E-state index in [1.807, 2.05) is 0 Å². The normalized spacial score (nSPS) is 16.1. The Bertz CT molecular complexity index is 204. The van der Waals surface area contributed by atoms with Crippen LogP contribution in [-0.2, 0) is 13.6 Å². The van der Waals surface area contributed by atoms with E-state index < -0.39 is 7.82 Å². The Kier molecular flexibility index (Phi) is 5.66. The molecule has 0 aliphatic carbocycles. The van der Waals surface area contributed by atoms with Crippen molar-refractivity contribution in [1.29, 1.82) is 0 Å². The first kappa shape index (κ1) is 11.4. The molecule has 0 spiro atoms. The Balaban J connectivity index is 3.70. The number of hydrogen-bond acceptors (Lipinski definition) is 4. The molecule has 5 nitrogen and oxygen atoms in total. The second-order valence-electron chi connectivity index (χ2n) is 1.78. The van der Waals surface area contributed by atoms with Crippen molar-refractivity contribution in [2.45, 2.75) is 0 Å². The first-order chi connectivity index (χ1) is 5.62. The fourth-order valence-corrected chi connectivity index (χ4v) is 1.02. The minimum absolute atomic E-state index is 0.0277. The van der Waals surface area contributed by atoms with Gasteiger partial charge in [-0.3, -0.25) is 9.05 Å². The number of nitrogens with two attached hydrogens (primary N) is 1. The van der Waals surface area contributed by atoms with Crippen LogP contribution in [0.3, 0.4) is 0 Å². The average Bonchev–Trinajstić information content (AvgIpc) is 2.01. The van der Waals surface area contributed by atoms with Crippen LogP contribution < -0.4 is 5.73 Å². The highest BCUT2D eigenvalue weighted by molar-refractivity contribution is 7.47. The maximum Gasteiger partial charge on any atom is 0.472 e. The summed E-state index contributed by atoms with van der Waals surface area (Å²) in [5.74, 6) is 0. The van der Waals surface area contributed by atoms with E-state index in [0.717, 1.165) is 0 Å². The second-order valence-corrected chi connectivity index (χ2v) is 3.23. The van der Waals surface area contributed by atoms with Crippen LogP contribution in [-0.4, -0.2) is 18.1 Å². The Labute approximate surface area is 71.1 Å². The molecule has 0 saturated heterocycles. The van der Waals surface area contributed by atoms with Crippen LogP contribution in [0.15, 0.2) is 24.9 Å². The third kappa shape index (κ3) is 6.12. The SMILES string of the molecule is C=CCOP(=O)(O)OCC=CN. The van der Waals surface area contributed by atoms with Crippen LogP contribution in [0.2, 0.25) is 0 Å². The van der Waals surface area contributed by atoms with Crippen molar-refractivity contribution in [2.24, 2.45) is 5.73 Å². The quantitative estimate of drug-likeness (QED) is 0.481. The Hall–Kier alpha value is -0.610. The van der Waals surface area contributed by atoms with E-state index in [9.17, 15) is 4.57 Å². The average molecular weight is 193 g/mol. The van der Waals surface area contributed by atoms with Gasteiger partial charge in [0.25, 0.3) is 0 Å². The highest BCUT2D eigenvalue weighted by Crippen LogP contribution is 2.42. The van der Waals surface area contributed by atoms with E-state index in [2.05, 4.69) is 15.6 Å². The summed E-state index contributed by atoms with van der Waals surface area (Å²) in [6.45, 7) is 3.23. The number of hydrogen-bond donors (Lipinski definition) is 2. The number of rotatable bonds is 6. The highest BCUT2D eigenvalue weighted by atomic mass is 31.2. The zero-order valence-electron chi connectivity index (χ0n) is 6.55. The standard InChI is InChI=1S/C6H12NO4P/c1-2-5-10-12(8,9)11-6-3-4-7/h2-4H,1,5-7H2,(H,8,9). The van der Waals surface area contributed by atoms with Crippen molar-refractivity contribution < 1.29 is 18.5 Å². The molecule has 0 amide bonds. The first-order valence-electron chi connectivity index (χ1n) is 3.22. The van der Waals surface area contributed by atoms with Crippen molar-refractivity contribution in [3.8, 4) is 0 Å². The van der Waals surface area contributed by atoms with Crippen molar-refractivity contribution in [1.82, 2.24) is 0 Å². The lowest BCUT2D eigenvalue weighted by Gasteiger charge is -2.08. The van der Waals surface area contributed by atoms with E-state index in [1.165, 1.54) is 18.4 Å². The Morgan fingerprint density at radius 1 is 1.50 bits per heavy atom. The third-order valence-electron chi connectivity index (χ3n) is 0.826. The van der Waals surface area contributed by atoms with Crippen LogP contribution in [0.4, 0.5) is 0 Å². The van der Waals surface area contributed by atoms with Crippen LogP contribution in [0, 0.1) is 0 Å². The lowest BCUT2D eigenvalue weighted by Crippen LogP contribution is -1.95. The summed E-state index contributed by atoms with van der Waals surface area (Å²) in [5.41, 5.74) is 4.97. The monoisotopic (exact) mass is 193 g/mol. The van der Waals surface area contributed by atoms with Gasteiger partial charge in [0.15, 0.2) is 0 Å². The van der Waals surface area contributed by atoms with Gasteiger partial charge < -0.3 is 10.6 Å². The fourth-order valence-electron chi connectivity index (χ4n) is 0.377. The molecule has 0 fully saturated rings. The molecule has 0 aliphatic rings. The van der Waals surface area contributed by atoms with Gasteiger partial charge in [-0.25, -0.2) is 4.57 Å². The molecular formula is C6H12NO4P. The summed E-state index contributed by atoms with van der Waals surface area (Å²) in [5, 5.41) is 0. The lowest BCUT2D eigenvalue weighted by atomic mass is 10.7. The molecular weight excluding hydrogens is 181 g/mol. The minimum atomic E-state index is -3.92. The summed E-state index contributed by atoms with van der Waals surface area (Å²) < 4.78 is 19.7. The molecule has 70 valence electrons. The van der Waals surface area contributed by atoms with E-state index in [-0.39, 0.29) is 13.2 Å². The summed E-state index contributed by atoms with van der Waals surface area (Å²) in [7, 11) is -3.92. The highest BCUT2D eigenvalue weighted by Gasteiger charge is 2.18. The van der Waals surface area contributed by atoms with Crippen LogP contribution in [0.1, 0.15) is 0 Å². The van der Waals surface area contributed by atoms with Gasteiger partial charge in [-0.1, -0.05) is 6.08 Å². The maximum absolute atomic E-state index is 10.8. The first-order valence-corrected chi connectivity index (χ1v) is 4.71. The molecule has 1 atom stereocenters. The van der Waals surface area contributed by atoms with Gasteiger partial charge in [0, 0.05) is 0 Å². The maximum atomic E-state index is 10.8. The zero-order chi connectivity index (χ0) is 9.45. The lowest BCUT2D eigenvalue weighted by molar-refractivity contribution is 0.174. The molecule has 3 N–H and O–H groups in total. The molecule has 0 heterocycles. The largest absolute Gasteiger partial charge is 0.472 e. The molecule has 0 aromatic heterocycles.